The van der Waals surface area contributed by atoms with E-state index in [1.807, 2.05) is 61.5 Å². The van der Waals surface area contributed by atoms with Crippen molar-refractivity contribution < 1.29 is 4.21 Å². The number of nitrogens with one attached hydrogen (secondary N) is 1. The van der Waals surface area contributed by atoms with Gasteiger partial charge in [-0.15, -0.1) is 0 Å². The predicted molar refractivity (Wildman–Crippen MR) is 67.7 cm³/mol. The van der Waals surface area contributed by atoms with Gasteiger partial charge in [0.05, 0.1) is 4.90 Å². The van der Waals surface area contributed by atoms with Crippen LogP contribution in [0.2, 0.25) is 0 Å². The molecule has 16 heavy (non-hydrogen) atoms. The minimum atomic E-state index is -1.19. The standard InChI is InChI=1S/C13H13NOS/c1-11-7-9-13(10-8-11)16(15)14-12-5-3-2-4-6-12/h2-10,14H,1H3/t16-/m0/s1. The van der Waals surface area contributed by atoms with E-state index in [2.05, 4.69) is 4.72 Å². The first-order valence-corrected chi connectivity index (χ1v) is 6.21. The Balaban J connectivity index is 2.12. The molecule has 0 radical (unpaired) electrons. The van der Waals surface area contributed by atoms with Gasteiger partial charge in [-0.3, -0.25) is 0 Å². The molecule has 0 amide bonds. The summed E-state index contributed by atoms with van der Waals surface area (Å²) in [6.45, 7) is 2.01. The van der Waals surface area contributed by atoms with Gasteiger partial charge < -0.3 is 4.72 Å². The molecule has 0 aliphatic rings. The third kappa shape index (κ3) is 2.70. The highest BCUT2D eigenvalue weighted by Crippen LogP contribution is 2.12. The number of anilines is 1. The predicted octanol–water partition coefficient (Wildman–Crippen LogP) is 3.13. The van der Waals surface area contributed by atoms with Gasteiger partial charge in [0.1, 0.15) is 11.0 Å². The highest BCUT2D eigenvalue weighted by Gasteiger charge is 2.02. The van der Waals surface area contributed by atoms with Crippen molar-refractivity contribution >= 4 is 16.7 Å². The second kappa shape index (κ2) is 4.94. The molecule has 0 bridgehead atoms. The van der Waals surface area contributed by atoms with Crippen molar-refractivity contribution in [2.24, 2.45) is 0 Å². The van der Waals surface area contributed by atoms with E-state index in [1.54, 1.807) is 0 Å². The molecule has 2 aromatic carbocycles. The van der Waals surface area contributed by atoms with Crippen LogP contribution in [-0.4, -0.2) is 4.21 Å². The Morgan fingerprint density at radius 1 is 0.938 bits per heavy atom. The minimum absolute atomic E-state index is 0.787. The lowest BCUT2D eigenvalue weighted by molar-refractivity contribution is 0.686. The van der Waals surface area contributed by atoms with E-state index in [0.29, 0.717) is 0 Å². The van der Waals surface area contributed by atoms with Gasteiger partial charge in [-0.25, -0.2) is 4.21 Å². The summed E-state index contributed by atoms with van der Waals surface area (Å²) in [5.74, 6) is 0. The van der Waals surface area contributed by atoms with Crippen LogP contribution in [0.25, 0.3) is 0 Å². The lowest BCUT2D eigenvalue weighted by atomic mass is 10.2. The maximum atomic E-state index is 11.9. The largest absolute Gasteiger partial charge is 0.301 e. The second-order valence-electron chi connectivity index (χ2n) is 3.55. The Morgan fingerprint density at radius 3 is 2.19 bits per heavy atom. The monoisotopic (exact) mass is 231 g/mol. The molecule has 0 unspecified atom stereocenters. The molecule has 0 aliphatic heterocycles. The Kier molecular flexibility index (Phi) is 3.37. The summed E-state index contributed by atoms with van der Waals surface area (Å²) in [4.78, 5) is 0.787. The van der Waals surface area contributed by atoms with E-state index < -0.39 is 11.0 Å². The highest BCUT2D eigenvalue weighted by molar-refractivity contribution is 7.86. The smallest absolute Gasteiger partial charge is 0.150 e. The van der Waals surface area contributed by atoms with Gasteiger partial charge in [0.15, 0.2) is 0 Å². The van der Waals surface area contributed by atoms with Crippen LogP contribution in [0.4, 0.5) is 5.69 Å². The number of hydrogen-bond donors (Lipinski definition) is 1. The van der Waals surface area contributed by atoms with Gasteiger partial charge in [0, 0.05) is 5.69 Å². The maximum Gasteiger partial charge on any atom is 0.150 e. The molecule has 0 saturated carbocycles. The number of benzene rings is 2. The van der Waals surface area contributed by atoms with Crippen LogP contribution in [0, 0.1) is 6.92 Å². The number of rotatable bonds is 3. The quantitative estimate of drug-likeness (QED) is 0.864. The summed E-state index contributed by atoms with van der Waals surface area (Å²) >= 11 is 0. The maximum absolute atomic E-state index is 11.9. The summed E-state index contributed by atoms with van der Waals surface area (Å²) in [6, 6.07) is 17.2. The van der Waals surface area contributed by atoms with E-state index in [1.165, 1.54) is 5.56 Å². The topological polar surface area (TPSA) is 29.1 Å². The Bertz CT molecular complexity index is 479. The molecule has 82 valence electrons. The zero-order chi connectivity index (χ0) is 11.4. The Hall–Kier alpha value is -1.61. The van der Waals surface area contributed by atoms with Gasteiger partial charge in [-0.1, -0.05) is 35.9 Å². The fourth-order valence-corrected chi connectivity index (χ4v) is 2.19. The van der Waals surface area contributed by atoms with Crippen LogP contribution < -0.4 is 4.72 Å². The molecule has 2 rings (SSSR count). The van der Waals surface area contributed by atoms with E-state index in [-0.39, 0.29) is 0 Å². The van der Waals surface area contributed by atoms with Crippen molar-refractivity contribution in [1.82, 2.24) is 0 Å². The zero-order valence-corrected chi connectivity index (χ0v) is 9.83. The molecule has 0 saturated heterocycles. The van der Waals surface area contributed by atoms with Crippen LogP contribution in [0.15, 0.2) is 59.5 Å². The van der Waals surface area contributed by atoms with Gasteiger partial charge in [0.25, 0.3) is 0 Å². The van der Waals surface area contributed by atoms with Crippen molar-refractivity contribution in [2.75, 3.05) is 4.72 Å². The van der Waals surface area contributed by atoms with Crippen LogP contribution in [0.3, 0.4) is 0 Å². The molecular weight excluding hydrogens is 218 g/mol. The number of hydrogen-bond acceptors (Lipinski definition) is 1. The summed E-state index contributed by atoms with van der Waals surface area (Å²) < 4.78 is 14.9. The van der Waals surface area contributed by atoms with Crippen LogP contribution >= 0.6 is 0 Å². The van der Waals surface area contributed by atoms with Gasteiger partial charge in [-0.05, 0) is 31.2 Å². The third-order valence-electron chi connectivity index (χ3n) is 2.22. The molecule has 2 nitrogen and oxygen atoms in total. The van der Waals surface area contributed by atoms with Gasteiger partial charge in [-0.2, -0.15) is 0 Å². The molecule has 3 heteroatoms. The number of aryl methyl sites for hydroxylation is 1. The van der Waals surface area contributed by atoms with E-state index in [9.17, 15) is 4.21 Å². The molecule has 0 spiro atoms. The summed E-state index contributed by atoms with van der Waals surface area (Å²) in [7, 11) is -1.19. The molecule has 0 aromatic heterocycles. The average molecular weight is 231 g/mol. The normalized spacial score (nSPS) is 12.1. The first kappa shape index (κ1) is 10.9. The first-order valence-electron chi connectivity index (χ1n) is 5.06. The Labute approximate surface area is 97.9 Å². The van der Waals surface area contributed by atoms with E-state index >= 15 is 0 Å². The fourth-order valence-electron chi connectivity index (χ4n) is 1.33. The molecule has 0 fully saturated rings. The van der Waals surface area contributed by atoms with Crippen molar-refractivity contribution in [3.63, 3.8) is 0 Å². The molecular formula is C13H13NOS. The van der Waals surface area contributed by atoms with E-state index in [0.717, 1.165) is 10.6 Å². The van der Waals surface area contributed by atoms with Crippen molar-refractivity contribution in [2.45, 2.75) is 11.8 Å². The zero-order valence-electron chi connectivity index (χ0n) is 9.01. The molecule has 0 heterocycles. The van der Waals surface area contributed by atoms with Crippen LogP contribution in [0.1, 0.15) is 5.56 Å². The average Bonchev–Trinajstić information content (AvgIpc) is 2.31. The SMILES string of the molecule is Cc1ccc([S@](=O)Nc2ccccc2)cc1. The summed E-state index contributed by atoms with van der Waals surface area (Å²) in [6.07, 6.45) is 0. The van der Waals surface area contributed by atoms with Crippen molar-refractivity contribution in [3.8, 4) is 0 Å². The molecule has 0 aliphatic carbocycles. The molecule has 1 N–H and O–H groups in total. The lowest BCUT2D eigenvalue weighted by Crippen LogP contribution is -2.04. The van der Waals surface area contributed by atoms with Gasteiger partial charge in [0.2, 0.25) is 0 Å². The molecule has 1 atom stereocenters. The first-order chi connectivity index (χ1) is 7.75. The second-order valence-corrected chi connectivity index (χ2v) is 4.76. The summed E-state index contributed by atoms with van der Waals surface area (Å²) in [5.41, 5.74) is 2.03. The third-order valence-corrected chi connectivity index (χ3v) is 3.34. The summed E-state index contributed by atoms with van der Waals surface area (Å²) in [5, 5.41) is 0. The molecule has 2 aromatic rings. The van der Waals surface area contributed by atoms with Crippen LogP contribution in [0.5, 0.6) is 0 Å². The van der Waals surface area contributed by atoms with E-state index in [4.69, 9.17) is 0 Å². The Morgan fingerprint density at radius 2 is 1.56 bits per heavy atom. The number of para-hydroxylation sites is 1. The van der Waals surface area contributed by atoms with Crippen molar-refractivity contribution in [1.29, 1.82) is 0 Å². The van der Waals surface area contributed by atoms with Crippen molar-refractivity contribution in [3.05, 3.63) is 60.2 Å². The van der Waals surface area contributed by atoms with Gasteiger partial charge >= 0.3 is 0 Å². The minimum Gasteiger partial charge on any atom is -0.301 e. The van der Waals surface area contributed by atoms with Crippen LogP contribution in [-0.2, 0) is 11.0 Å². The fraction of sp³-hybridized carbons (Fsp3) is 0.0769. The lowest BCUT2D eigenvalue weighted by Gasteiger charge is -2.05. The highest BCUT2D eigenvalue weighted by atomic mass is 32.2.